The lowest BCUT2D eigenvalue weighted by atomic mass is 10.1. The second-order valence-corrected chi connectivity index (χ2v) is 6.96. The molecule has 0 atom stereocenters. The molecule has 2 N–H and O–H groups in total. The molecule has 0 radical (unpaired) electrons. The van der Waals surface area contributed by atoms with Crippen molar-refractivity contribution in [2.45, 2.75) is 26.7 Å². The molecule has 0 unspecified atom stereocenters. The summed E-state index contributed by atoms with van der Waals surface area (Å²) in [7, 11) is 0. The number of nitrogens with zero attached hydrogens (tertiary/aromatic N) is 2. The van der Waals surface area contributed by atoms with E-state index in [1.54, 1.807) is 11.3 Å². The van der Waals surface area contributed by atoms with Gasteiger partial charge in [0.2, 0.25) is 0 Å². The van der Waals surface area contributed by atoms with Gasteiger partial charge in [-0.1, -0.05) is 24.6 Å². The van der Waals surface area contributed by atoms with E-state index in [4.69, 9.17) is 21.8 Å². The summed E-state index contributed by atoms with van der Waals surface area (Å²) in [5, 5.41) is 16.7. The molecule has 0 aliphatic carbocycles. The fourth-order valence-corrected chi connectivity index (χ4v) is 3.40. The van der Waals surface area contributed by atoms with Crippen molar-refractivity contribution in [3.05, 3.63) is 33.3 Å². The molecular formula is C16H21ClN2O4S. The van der Waals surface area contributed by atoms with Gasteiger partial charge in [0.15, 0.2) is 0 Å². The summed E-state index contributed by atoms with van der Waals surface area (Å²) in [6.45, 7) is 7.55. The third kappa shape index (κ3) is 7.25. The van der Waals surface area contributed by atoms with Gasteiger partial charge in [-0.15, -0.1) is 11.3 Å². The highest BCUT2D eigenvalue weighted by molar-refractivity contribution is 7.16. The van der Waals surface area contributed by atoms with E-state index >= 15 is 0 Å². The lowest BCUT2D eigenvalue weighted by molar-refractivity contribution is -0.134. The third-order valence-corrected chi connectivity index (χ3v) is 4.30. The fraction of sp³-hybridized carbons (Fsp3) is 0.438. The molecular weight excluding hydrogens is 352 g/mol. The van der Waals surface area contributed by atoms with E-state index in [9.17, 15) is 9.59 Å². The molecule has 1 aromatic heterocycles. The molecule has 0 saturated carbocycles. The van der Waals surface area contributed by atoms with Crippen LogP contribution in [0.2, 0.25) is 4.34 Å². The molecule has 132 valence electrons. The van der Waals surface area contributed by atoms with E-state index in [1.807, 2.05) is 6.92 Å². The van der Waals surface area contributed by atoms with Crippen molar-refractivity contribution in [3.63, 3.8) is 0 Å². The SMILES string of the molecule is CCCN1CCC=C(c2nc(C)sc2Cl)C1.O=C(O)/C=C/C(=O)O. The summed E-state index contributed by atoms with van der Waals surface area (Å²) in [6, 6.07) is 0. The van der Waals surface area contributed by atoms with Crippen molar-refractivity contribution in [2.24, 2.45) is 0 Å². The summed E-state index contributed by atoms with van der Waals surface area (Å²) in [5.74, 6) is -2.51. The minimum Gasteiger partial charge on any atom is -0.478 e. The van der Waals surface area contributed by atoms with Gasteiger partial charge in [0, 0.05) is 25.2 Å². The van der Waals surface area contributed by atoms with Gasteiger partial charge in [-0.25, -0.2) is 14.6 Å². The highest BCUT2D eigenvalue weighted by Crippen LogP contribution is 2.31. The largest absolute Gasteiger partial charge is 0.478 e. The van der Waals surface area contributed by atoms with Crippen molar-refractivity contribution in [1.29, 1.82) is 0 Å². The Hall–Kier alpha value is -1.70. The topological polar surface area (TPSA) is 90.7 Å². The van der Waals surface area contributed by atoms with Crippen LogP contribution in [0.4, 0.5) is 0 Å². The quantitative estimate of drug-likeness (QED) is 0.770. The van der Waals surface area contributed by atoms with Gasteiger partial charge in [-0.05, 0) is 31.9 Å². The van der Waals surface area contributed by atoms with Crippen LogP contribution in [0, 0.1) is 6.92 Å². The van der Waals surface area contributed by atoms with Gasteiger partial charge in [0.1, 0.15) is 4.34 Å². The number of aryl methyl sites for hydroxylation is 1. The molecule has 0 aromatic carbocycles. The number of carbonyl (C=O) groups is 2. The Morgan fingerprint density at radius 3 is 2.46 bits per heavy atom. The van der Waals surface area contributed by atoms with Crippen molar-refractivity contribution in [3.8, 4) is 0 Å². The Morgan fingerprint density at radius 1 is 1.38 bits per heavy atom. The fourth-order valence-electron chi connectivity index (χ4n) is 2.23. The van der Waals surface area contributed by atoms with Crippen LogP contribution in [0.25, 0.3) is 5.57 Å². The second-order valence-electron chi connectivity index (χ2n) is 5.16. The normalized spacial score (nSPS) is 14.9. The number of hydrogen-bond acceptors (Lipinski definition) is 5. The van der Waals surface area contributed by atoms with Gasteiger partial charge >= 0.3 is 11.9 Å². The van der Waals surface area contributed by atoms with Crippen LogP contribution >= 0.6 is 22.9 Å². The predicted octanol–water partition coefficient (Wildman–Crippen LogP) is 3.32. The monoisotopic (exact) mass is 372 g/mol. The smallest absolute Gasteiger partial charge is 0.328 e. The lowest BCUT2D eigenvalue weighted by Gasteiger charge is -2.26. The summed E-state index contributed by atoms with van der Waals surface area (Å²) in [5.41, 5.74) is 2.30. The number of halogens is 1. The first-order chi connectivity index (χ1) is 11.3. The van der Waals surface area contributed by atoms with Crippen LogP contribution in [0.1, 0.15) is 30.5 Å². The van der Waals surface area contributed by atoms with Crippen LogP contribution < -0.4 is 0 Å². The summed E-state index contributed by atoms with van der Waals surface area (Å²) >= 11 is 7.77. The average molecular weight is 373 g/mol. The first-order valence-corrected chi connectivity index (χ1v) is 8.71. The summed E-state index contributed by atoms with van der Waals surface area (Å²) in [4.78, 5) is 26.1. The third-order valence-electron chi connectivity index (χ3n) is 3.14. The average Bonchev–Trinajstić information content (AvgIpc) is 2.85. The van der Waals surface area contributed by atoms with Gasteiger partial charge in [-0.3, -0.25) is 4.90 Å². The highest BCUT2D eigenvalue weighted by atomic mass is 35.5. The zero-order valence-corrected chi connectivity index (χ0v) is 15.2. The summed E-state index contributed by atoms with van der Waals surface area (Å²) < 4.78 is 0.835. The Kier molecular flexibility index (Phi) is 8.67. The van der Waals surface area contributed by atoms with Crippen LogP contribution in [0.3, 0.4) is 0 Å². The molecule has 1 aromatic rings. The minimum atomic E-state index is -1.26. The van der Waals surface area contributed by atoms with Crippen LogP contribution in [0.15, 0.2) is 18.2 Å². The van der Waals surface area contributed by atoms with Crippen molar-refractivity contribution in [2.75, 3.05) is 19.6 Å². The number of carboxylic acid groups (broad SMARTS) is 2. The Balaban J connectivity index is 0.000000307. The molecule has 0 bridgehead atoms. The van der Waals surface area contributed by atoms with E-state index in [1.165, 1.54) is 12.0 Å². The zero-order chi connectivity index (χ0) is 18.1. The molecule has 6 nitrogen and oxygen atoms in total. The molecule has 0 fully saturated rings. The number of aliphatic carboxylic acids is 2. The Labute approximate surface area is 150 Å². The van der Waals surface area contributed by atoms with Crippen molar-refractivity contribution >= 4 is 40.4 Å². The zero-order valence-electron chi connectivity index (χ0n) is 13.7. The maximum atomic E-state index is 9.55. The Bertz CT molecular complexity index is 624. The van der Waals surface area contributed by atoms with Gasteiger partial charge < -0.3 is 10.2 Å². The molecule has 8 heteroatoms. The van der Waals surface area contributed by atoms with Crippen LogP contribution in [0.5, 0.6) is 0 Å². The van der Waals surface area contributed by atoms with Gasteiger partial charge in [0.05, 0.1) is 10.7 Å². The predicted molar refractivity (Wildman–Crippen MR) is 95.6 cm³/mol. The number of hydrogen-bond donors (Lipinski definition) is 2. The van der Waals surface area contributed by atoms with Gasteiger partial charge in [-0.2, -0.15) is 0 Å². The molecule has 0 saturated heterocycles. The van der Waals surface area contributed by atoms with Crippen molar-refractivity contribution in [1.82, 2.24) is 9.88 Å². The molecule has 0 amide bonds. The molecule has 2 heterocycles. The van der Waals surface area contributed by atoms with Crippen molar-refractivity contribution < 1.29 is 19.8 Å². The summed E-state index contributed by atoms with van der Waals surface area (Å²) in [6.07, 6.45) is 5.72. The van der Waals surface area contributed by atoms with E-state index in [-0.39, 0.29) is 0 Å². The van der Waals surface area contributed by atoms with E-state index < -0.39 is 11.9 Å². The van der Waals surface area contributed by atoms with Crippen LogP contribution in [-0.2, 0) is 9.59 Å². The molecule has 24 heavy (non-hydrogen) atoms. The maximum Gasteiger partial charge on any atom is 0.328 e. The van der Waals surface area contributed by atoms with E-state index in [0.29, 0.717) is 12.2 Å². The number of rotatable bonds is 5. The first-order valence-electron chi connectivity index (χ1n) is 7.52. The maximum absolute atomic E-state index is 9.55. The first kappa shape index (κ1) is 20.3. The highest BCUT2D eigenvalue weighted by Gasteiger charge is 2.17. The van der Waals surface area contributed by atoms with E-state index in [2.05, 4.69) is 22.9 Å². The molecule has 1 aliphatic heterocycles. The lowest BCUT2D eigenvalue weighted by Crippen LogP contribution is -2.30. The number of carboxylic acids is 2. The minimum absolute atomic E-state index is 0.558. The van der Waals surface area contributed by atoms with Crippen LogP contribution in [-0.4, -0.2) is 51.7 Å². The van der Waals surface area contributed by atoms with E-state index in [0.717, 1.165) is 41.1 Å². The second kappa shape index (κ2) is 10.2. The standard InChI is InChI=1S/C12H17ClN2S.C4H4O4/c1-3-6-15-7-4-5-10(8-15)11-12(13)16-9(2)14-11;5-3(6)1-2-4(7)8/h5H,3-4,6-8H2,1-2H3;1-2H,(H,5,6)(H,7,8)/b;2-1+. The Morgan fingerprint density at radius 2 is 2.00 bits per heavy atom. The molecule has 0 spiro atoms. The molecule has 2 rings (SSSR count). The number of aromatic nitrogens is 1. The number of thiazole rings is 1. The van der Waals surface area contributed by atoms with Gasteiger partial charge in [0.25, 0.3) is 0 Å². The molecule has 1 aliphatic rings.